The molecule has 0 radical (unpaired) electrons. The van der Waals surface area contributed by atoms with Crippen LogP contribution >= 0.6 is 31.9 Å². The van der Waals surface area contributed by atoms with E-state index in [2.05, 4.69) is 37.2 Å². The van der Waals surface area contributed by atoms with Crippen LogP contribution in [0.15, 0.2) is 75.2 Å². The SMILES string of the molecule is CCOc1cc(/C=C(/C#N)C(=O)Nc2cccc(Br)c2)cc(Br)c1OCc1cccc(F)c1. The van der Waals surface area contributed by atoms with Gasteiger partial charge in [-0.05, 0) is 82.5 Å². The van der Waals surface area contributed by atoms with Crippen LogP contribution in [0, 0.1) is 17.1 Å². The number of amides is 1. The zero-order chi connectivity index (χ0) is 23.8. The lowest BCUT2D eigenvalue weighted by molar-refractivity contribution is -0.112. The lowest BCUT2D eigenvalue weighted by Crippen LogP contribution is -2.13. The Hall–Kier alpha value is -3.15. The Morgan fingerprint density at radius 2 is 1.91 bits per heavy atom. The molecular weight excluding hydrogens is 555 g/mol. The molecule has 33 heavy (non-hydrogen) atoms. The van der Waals surface area contributed by atoms with Gasteiger partial charge in [-0.3, -0.25) is 4.79 Å². The van der Waals surface area contributed by atoms with Crippen molar-refractivity contribution in [1.29, 1.82) is 5.26 Å². The average Bonchev–Trinajstić information content (AvgIpc) is 2.77. The second-order valence-corrected chi connectivity index (χ2v) is 8.59. The zero-order valence-electron chi connectivity index (χ0n) is 17.6. The fourth-order valence-electron chi connectivity index (χ4n) is 2.94. The van der Waals surface area contributed by atoms with Crippen LogP contribution in [0.3, 0.4) is 0 Å². The molecular formula is C25H19Br2FN2O3. The Labute approximate surface area is 208 Å². The van der Waals surface area contributed by atoms with Gasteiger partial charge in [-0.2, -0.15) is 5.26 Å². The molecule has 0 saturated heterocycles. The second kappa shape index (κ2) is 11.6. The number of halogens is 3. The van der Waals surface area contributed by atoms with Crippen molar-refractivity contribution in [2.24, 2.45) is 0 Å². The molecule has 3 aromatic carbocycles. The number of ether oxygens (including phenoxy) is 2. The van der Waals surface area contributed by atoms with E-state index in [1.54, 1.807) is 42.5 Å². The number of nitrogens with zero attached hydrogens (tertiary/aromatic N) is 1. The number of rotatable bonds is 8. The van der Waals surface area contributed by atoms with E-state index in [4.69, 9.17) is 9.47 Å². The van der Waals surface area contributed by atoms with Crippen LogP contribution in [-0.4, -0.2) is 12.5 Å². The Kier molecular flexibility index (Phi) is 8.64. The maximum absolute atomic E-state index is 13.4. The zero-order valence-corrected chi connectivity index (χ0v) is 20.7. The molecule has 3 rings (SSSR count). The van der Waals surface area contributed by atoms with Crippen LogP contribution in [0.25, 0.3) is 6.08 Å². The first-order chi connectivity index (χ1) is 15.9. The van der Waals surface area contributed by atoms with Crippen LogP contribution in [0.5, 0.6) is 11.5 Å². The first-order valence-corrected chi connectivity index (χ1v) is 11.5. The molecule has 0 aliphatic rings. The fraction of sp³-hybridized carbons (Fsp3) is 0.120. The van der Waals surface area contributed by atoms with Crippen molar-refractivity contribution in [3.05, 3.63) is 92.1 Å². The minimum atomic E-state index is -0.531. The number of nitrogens with one attached hydrogen (secondary N) is 1. The van der Waals surface area contributed by atoms with Gasteiger partial charge in [0.15, 0.2) is 11.5 Å². The van der Waals surface area contributed by atoms with Gasteiger partial charge in [0, 0.05) is 10.2 Å². The third-order valence-electron chi connectivity index (χ3n) is 4.36. The summed E-state index contributed by atoms with van der Waals surface area (Å²) >= 11 is 6.82. The van der Waals surface area contributed by atoms with Crippen molar-refractivity contribution >= 4 is 49.5 Å². The van der Waals surface area contributed by atoms with Crippen molar-refractivity contribution in [2.75, 3.05) is 11.9 Å². The van der Waals surface area contributed by atoms with Gasteiger partial charge in [-0.15, -0.1) is 0 Å². The molecule has 0 spiro atoms. The van der Waals surface area contributed by atoms with Crippen LogP contribution in [0.2, 0.25) is 0 Å². The first-order valence-electron chi connectivity index (χ1n) is 9.92. The van der Waals surface area contributed by atoms with Crippen molar-refractivity contribution in [3.8, 4) is 17.6 Å². The van der Waals surface area contributed by atoms with Crippen molar-refractivity contribution in [2.45, 2.75) is 13.5 Å². The Bertz CT molecular complexity index is 1240. The minimum Gasteiger partial charge on any atom is -0.490 e. The quantitative estimate of drug-likeness (QED) is 0.236. The van der Waals surface area contributed by atoms with E-state index in [0.29, 0.717) is 39.4 Å². The molecule has 0 unspecified atom stereocenters. The van der Waals surface area contributed by atoms with Gasteiger partial charge < -0.3 is 14.8 Å². The van der Waals surface area contributed by atoms with Gasteiger partial charge in [0.25, 0.3) is 5.91 Å². The smallest absolute Gasteiger partial charge is 0.266 e. The van der Waals surface area contributed by atoms with Crippen molar-refractivity contribution in [3.63, 3.8) is 0 Å². The fourth-order valence-corrected chi connectivity index (χ4v) is 3.91. The summed E-state index contributed by atoms with van der Waals surface area (Å²) in [5.74, 6) is -0.00321. The van der Waals surface area contributed by atoms with E-state index in [1.165, 1.54) is 18.2 Å². The number of nitriles is 1. The predicted molar refractivity (Wildman–Crippen MR) is 132 cm³/mol. The third-order valence-corrected chi connectivity index (χ3v) is 5.44. The Morgan fingerprint density at radius 1 is 1.12 bits per heavy atom. The van der Waals surface area contributed by atoms with Crippen molar-refractivity contribution in [1.82, 2.24) is 0 Å². The van der Waals surface area contributed by atoms with Crippen LogP contribution in [0.1, 0.15) is 18.1 Å². The number of hydrogen-bond donors (Lipinski definition) is 1. The van der Waals surface area contributed by atoms with Crippen LogP contribution < -0.4 is 14.8 Å². The monoisotopic (exact) mass is 572 g/mol. The summed E-state index contributed by atoms with van der Waals surface area (Å²) < 4.78 is 26.4. The molecule has 0 atom stereocenters. The van der Waals surface area contributed by atoms with Gasteiger partial charge in [0.2, 0.25) is 0 Å². The predicted octanol–water partition coefficient (Wildman–Crippen LogP) is 6.87. The summed E-state index contributed by atoms with van der Waals surface area (Å²) in [6, 6.07) is 18.6. The highest BCUT2D eigenvalue weighted by Crippen LogP contribution is 2.38. The maximum Gasteiger partial charge on any atom is 0.266 e. The van der Waals surface area contributed by atoms with E-state index >= 15 is 0 Å². The highest BCUT2D eigenvalue weighted by atomic mass is 79.9. The summed E-state index contributed by atoms with van der Waals surface area (Å²) in [7, 11) is 0. The van der Waals surface area contributed by atoms with Crippen molar-refractivity contribution < 1.29 is 18.7 Å². The van der Waals surface area contributed by atoms with Crippen LogP contribution in [0.4, 0.5) is 10.1 Å². The molecule has 0 aliphatic heterocycles. The lowest BCUT2D eigenvalue weighted by atomic mass is 10.1. The molecule has 0 bridgehead atoms. The number of benzene rings is 3. The van der Waals surface area contributed by atoms with Gasteiger partial charge in [0.05, 0.1) is 11.1 Å². The highest BCUT2D eigenvalue weighted by molar-refractivity contribution is 9.10. The number of carbonyl (C=O) groups excluding carboxylic acids is 1. The highest BCUT2D eigenvalue weighted by Gasteiger charge is 2.15. The maximum atomic E-state index is 13.4. The summed E-state index contributed by atoms with van der Waals surface area (Å²) in [4.78, 5) is 12.6. The third kappa shape index (κ3) is 6.91. The summed E-state index contributed by atoms with van der Waals surface area (Å²) in [6.07, 6.45) is 1.47. The molecule has 3 aromatic rings. The molecule has 0 aliphatic carbocycles. The average molecular weight is 574 g/mol. The van der Waals surface area contributed by atoms with Gasteiger partial charge >= 0.3 is 0 Å². The van der Waals surface area contributed by atoms with E-state index < -0.39 is 5.91 Å². The molecule has 0 saturated carbocycles. The number of anilines is 1. The van der Waals surface area contributed by atoms with E-state index in [1.807, 2.05) is 19.1 Å². The largest absolute Gasteiger partial charge is 0.490 e. The normalized spacial score (nSPS) is 10.9. The Morgan fingerprint density at radius 3 is 2.61 bits per heavy atom. The molecule has 8 heteroatoms. The summed E-state index contributed by atoms with van der Waals surface area (Å²) in [5.41, 5.74) is 1.74. The van der Waals surface area contributed by atoms with Gasteiger partial charge in [-0.25, -0.2) is 4.39 Å². The first kappa shape index (κ1) is 24.5. The van der Waals surface area contributed by atoms with E-state index in [0.717, 1.165) is 4.47 Å². The van der Waals surface area contributed by atoms with E-state index in [-0.39, 0.29) is 18.0 Å². The standard InChI is InChI=1S/C25H19Br2FN2O3/c1-2-32-23-12-17(9-18(14-29)25(31)30-21-8-4-6-19(26)13-21)11-22(27)24(23)33-15-16-5-3-7-20(28)10-16/h3-13H,2,15H2,1H3,(H,30,31)/b18-9-. The molecule has 1 N–H and O–H groups in total. The lowest BCUT2D eigenvalue weighted by Gasteiger charge is -2.15. The number of carbonyl (C=O) groups is 1. The molecule has 168 valence electrons. The molecule has 0 aromatic heterocycles. The summed E-state index contributed by atoms with van der Waals surface area (Å²) in [5, 5.41) is 12.2. The van der Waals surface area contributed by atoms with E-state index in [9.17, 15) is 14.4 Å². The number of hydrogen-bond acceptors (Lipinski definition) is 4. The van der Waals surface area contributed by atoms with Gasteiger partial charge in [0.1, 0.15) is 24.1 Å². The van der Waals surface area contributed by atoms with Gasteiger partial charge in [-0.1, -0.05) is 34.1 Å². The topological polar surface area (TPSA) is 71.3 Å². The molecule has 0 fully saturated rings. The molecule has 5 nitrogen and oxygen atoms in total. The Balaban J connectivity index is 1.85. The minimum absolute atomic E-state index is 0.0715. The van der Waals surface area contributed by atoms with Crippen LogP contribution in [-0.2, 0) is 11.4 Å². The molecule has 1 amide bonds. The second-order valence-electron chi connectivity index (χ2n) is 6.82. The molecule has 0 heterocycles. The summed E-state index contributed by atoms with van der Waals surface area (Å²) in [6.45, 7) is 2.35.